The first-order valence-corrected chi connectivity index (χ1v) is 7.41. The van der Waals surface area contributed by atoms with Gasteiger partial charge in [0.1, 0.15) is 18.5 Å². The Morgan fingerprint density at radius 2 is 2.10 bits per heavy atom. The molecule has 2 rings (SSSR count). The molecule has 1 aromatic carbocycles. The van der Waals surface area contributed by atoms with E-state index in [1.54, 1.807) is 0 Å². The molecule has 1 aliphatic heterocycles. The molecule has 4 heteroatoms. The van der Waals surface area contributed by atoms with Crippen LogP contribution < -0.4 is 4.74 Å². The van der Waals surface area contributed by atoms with Gasteiger partial charge in [-0.1, -0.05) is 25.1 Å². The molecule has 0 radical (unpaired) electrons. The molecule has 1 aliphatic rings. The number of aliphatic hydroxyl groups is 2. The summed E-state index contributed by atoms with van der Waals surface area (Å²) in [6.45, 7) is 4.11. The summed E-state index contributed by atoms with van der Waals surface area (Å²) in [6, 6.07) is 9.68. The van der Waals surface area contributed by atoms with Crippen LogP contribution >= 0.6 is 0 Å². The Labute approximate surface area is 121 Å². The lowest BCUT2D eigenvalue weighted by molar-refractivity contribution is 0.00377. The van der Waals surface area contributed by atoms with Crippen molar-refractivity contribution in [3.63, 3.8) is 0 Å². The molecule has 20 heavy (non-hydrogen) atoms. The van der Waals surface area contributed by atoms with Crippen molar-refractivity contribution in [3.05, 3.63) is 30.3 Å². The maximum atomic E-state index is 10.1. The molecule has 1 aromatic rings. The van der Waals surface area contributed by atoms with Crippen LogP contribution in [-0.2, 0) is 0 Å². The van der Waals surface area contributed by atoms with Crippen LogP contribution in [0.3, 0.4) is 0 Å². The van der Waals surface area contributed by atoms with Gasteiger partial charge in [0.05, 0.1) is 6.61 Å². The number of para-hydroxylation sites is 1. The molecule has 1 saturated heterocycles. The Bertz CT molecular complexity index is 385. The van der Waals surface area contributed by atoms with Gasteiger partial charge in [0.25, 0.3) is 0 Å². The van der Waals surface area contributed by atoms with E-state index in [9.17, 15) is 10.2 Å². The molecule has 0 bridgehead atoms. The van der Waals surface area contributed by atoms with Gasteiger partial charge >= 0.3 is 0 Å². The number of aliphatic hydroxyl groups excluding tert-OH is 2. The second kappa shape index (κ2) is 7.62. The lowest BCUT2D eigenvalue weighted by Crippen LogP contribution is -2.50. The predicted molar refractivity (Wildman–Crippen MR) is 78.8 cm³/mol. The third kappa shape index (κ3) is 4.20. The second-order valence-corrected chi connectivity index (χ2v) is 5.64. The van der Waals surface area contributed by atoms with Crippen LogP contribution in [0.4, 0.5) is 0 Å². The highest BCUT2D eigenvalue weighted by molar-refractivity contribution is 5.20. The summed E-state index contributed by atoms with van der Waals surface area (Å²) >= 11 is 0. The Kier molecular flexibility index (Phi) is 5.83. The molecule has 1 fully saturated rings. The van der Waals surface area contributed by atoms with Crippen molar-refractivity contribution < 1.29 is 14.9 Å². The summed E-state index contributed by atoms with van der Waals surface area (Å²) in [7, 11) is 0. The lowest BCUT2D eigenvalue weighted by atomic mass is 9.91. The number of nitrogens with zero attached hydrogens (tertiary/aromatic N) is 1. The van der Waals surface area contributed by atoms with Crippen LogP contribution in [0.2, 0.25) is 0 Å². The number of benzene rings is 1. The first-order valence-electron chi connectivity index (χ1n) is 7.41. The van der Waals surface area contributed by atoms with Gasteiger partial charge in [0, 0.05) is 12.6 Å². The number of rotatable bonds is 6. The average Bonchev–Trinajstić information content (AvgIpc) is 2.46. The van der Waals surface area contributed by atoms with E-state index in [-0.39, 0.29) is 19.3 Å². The monoisotopic (exact) mass is 279 g/mol. The van der Waals surface area contributed by atoms with Crippen molar-refractivity contribution in [2.75, 3.05) is 26.3 Å². The predicted octanol–water partition coefficient (Wildman–Crippen LogP) is 1.52. The van der Waals surface area contributed by atoms with Gasteiger partial charge < -0.3 is 14.9 Å². The van der Waals surface area contributed by atoms with Crippen molar-refractivity contribution >= 4 is 0 Å². The van der Waals surface area contributed by atoms with Crippen LogP contribution in [0, 0.1) is 5.92 Å². The molecule has 0 aliphatic carbocycles. The minimum absolute atomic E-state index is 0.160. The molecule has 0 spiro atoms. The number of likely N-dealkylation sites (tertiary alicyclic amines) is 1. The molecule has 112 valence electrons. The highest BCUT2D eigenvalue weighted by Crippen LogP contribution is 2.23. The standard InChI is InChI=1S/C16H25NO3/c1-13-6-5-9-17(16(13)11-18)10-14(19)12-20-15-7-3-2-4-8-15/h2-4,7-8,13-14,16,18-19H,5-6,9-12H2,1H3. The zero-order valence-corrected chi connectivity index (χ0v) is 12.1. The minimum atomic E-state index is -0.533. The van der Waals surface area contributed by atoms with E-state index in [1.807, 2.05) is 30.3 Å². The summed E-state index contributed by atoms with van der Waals surface area (Å²) < 4.78 is 5.57. The number of ether oxygens (including phenoxy) is 1. The van der Waals surface area contributed by atoms with Gasteiger partial charge in [-0.2, -0.15) is 0 Å². The van der Waals surface area contributed by atoms with E-state index in [0.29, 0.717) is 12.5 Å². The van der Waals surface area contributed by atoms with Crippen LogP contribution in [0.1, 0.15) is 19.8 Å². The Morgan fingerprint density at radius 1 is 1.35 bits per heavy atom. The van der Waals surface area contributed by atoms with Crippen LogP contribution in [0.25, 0.3) is 0 Å². The molecule has 0 aromatic heterocycles. The first kappa shape index (κ1) is 15.3. The zero-order valence-electron chi connectivity index (χ0n) is 12.1. The largest absolute Gasteiger partial charge is 0.491 e. The van der Waals surface area contributed by atoms with E-state index in [1.165, 1.54) is 0 Å². The van der Waals surface area contributed by atoms with Gasteiger partial charge in [-0.05, 0) is 37.4 Å². The third-order valence-electron chi connectivity index (χ3n) is 4.05. The lowest BCUT2D eigenvalue weighted by Gasteiger charge is -2.39. The highest BCUT2D eigenvalue weighted by Gasteiger charge is 2.29. The van der Waals surface area contributed by atoms with Crippen molar-refractivity contribution in [2.45, 2.75) is 31.9 Å². The molecular weight excluding hydrogens is 254 g/mol. The average molecular weight is 279 g/mol. The van der Waals surface area contributed by atoms with Crippen molar-refractivity contribution in [1.82, 2.24) is 4.90 Å². The SMILES string of the molecule is CC1CCCN(CC(O)COc2ccccc2)C1CO. The van der Waals surface area contributed by atoms with Gasteiger partial charge in [0.2, 0.25) is 0 Å². The smallest absolute Gasteiger partial charge is 0.119 e. The van der Waals surface area contributed by atoms with Crippen LogP contribution in [0.5, 0.6) is 5.75 Å². The zero-order chi connectivity index (χ0) is 14.4. The maximum absolute atomic E-state index is 10.1. The number of β-amino-alcohol motifs (C(OH)–C–C–N with tert-alkyl or cyclic N) is 1. The summed E-state index contributed by atoms with van der Waals surface area (Å²) in [6.07, 6.45) is 1.75. The molecule has 0 amide bonds. The van der Waals surface area contributed by atoms with E-state index < -0.39 is 6.10 Å². The van der Waals surface area contributed by atoms with Gasteiger partial charge in [0.15, 0.2) is 0 Å². The van der Waals surface area contributed by atoms with Gasteiger partial charge in [-0.25, -0.2) is 0 Å². The molecule has 1 heterocycles. The summed E-state index contributed by atoms with van der Waals surface area (Å²) in [5.41, 5.74) is 0. The van der Waals surface area contributed by atoms with Crippen LogP contribution in [-0.4, -0.2) is 53.6 Å². The second-order valence-electron chi connectivity index (χ2n) is 5.64. The van der Waals surface area contributed by atoms with Crippen molar-refractivity contribution in [1.29, 1.82) is 0 Å². The summed E-state index contributed by atoms with van der Waals surface area (Å²) in [4.78, 5) is 2.19. The summed E-state index contributed by atoms with van der Waals surface area (Å²) in [5, 5.41) is 19.6. The maximum Gasteiger partial charge on any atom is 0.119 e. The molecule has 4 nitrogen and oxygen atoms in total. The van der Waals surface area contributed by atoms with Crippen molar-refractivity contribution in [2.24, 2.45) is 5.92 Å². The topological polar surface area (TPSA) is 52.9 Å². The number of piperidine rings is 1. The summed E-state index contributed by atoms with van der Waals surface area (Å²) in [5.74, 6) is 1.26. The fraction of sp³-hybridized carbons (Fsp3) is 0.625. The van der Waals surface area contributed by atoms with E-state index in [2.05, 4.69) is 11.8 Å². The van der Waals surface area contributed by atoms with E-state index >= 15 is 0 Å². The minimum Gasteiger partial charge on any atom is -0.491 e. The van der Waals surface area contributed by atoms with Gasteiger partial charge in [-0.3, -0.25) is 4.90 Å². The third-order valence-corrected chi connectivity index (χ3v) is 4.05. The molecule has 3 unspecified atom stereocenters. The fourth-order valence-electron chi connectivity index (χ4n) is 2.89. The molecule has 3 atom stereocenters. The highest BCUT2D eigenvalue weighted by atomic mass is 16.5. The molecular formula is C16H25NO3. The first-order chi connectivity index (χ1) is 9.70. The number of hydrogen-bond acceptors (Lipinski definition) is 4. The molecule has 0 saturated carbocycles. The Hall–Kier alpha value is -1.10. The van der Waals surface area contributed by atoms with E-state index in [0.717, 1.165) is 25.1 Å². The Balaban J connectivity index is 1.79. The van der Waals surface area contributed by atoms with Crippen molar-refractivity contribution in [3.8, 4) is 5.75 Å². The number of hydrogen-bond donors (Lipinski definition) is 2. The Morgan fingerprint density at radius 3 is 2.80 bits per heavy atom. The fourth-order valence-corrected chi connectivity index (χ4v) is 2.89. The molecule has 2 N–H and O–H groups in total. The normalized spacial score (nSPS) is 25.4. The van der Waals surface area contributed by atoms with Crippen LogP contribution in [0.15, 0.2) is 30.3 Å². The van der Waals surface area contributed by atoms with Gasteiger partial charge in [-0.15, -0.1) is 0 Å². The van der Waals surface area contributed by atoms with E-state index in [4.69, 9.17) is 4.74 Å². The quantitative estimate of drug-likeness (QED) is 0.829.